The molecule has 1 aliphatic rings. The van der Waals surface area contributed by atoms with Crippen molar-refractivity contribution in [2.75, 3.05) is 0 Å². The molecule has 6 heteroatoms. The Bertz CT molecular complexity index is 207. The molecule has 0 aromatic carbocycles. The first kappa shape index (κ1) is 15.2. The van der Waals surface area contributed by atoms with Gasteiger partial charge in [0.25, 0.3) is 0 Å². The molecule has 12 heavy (non-hydrogen) atoms. The van der Waals surface area contributed by atoms with E-state index in [0.717, 1.165) is 0 Å². The Hall–Kier alpha value is 0.720. The molecule has 0 atom stereocenters. The average Bonchev–Trinajstić information content (AvgIpc) is 2.11. The van der Waals surface area contributed by atoms with Gasteiger partial charge in [-0.05, 0) is 0 Å². The van der Waals surface area contributed by atoms with Gasteiger partial charge in [0.05, 0.1) is 0 Å². The zero-order chi connectivity index (χ0) is 7.78. The molecule has 0 heterocycles. The van der Waals surface area contributed by atoms with E-state index in [2.05, 4.69) is 0 Å². The fourth-order valence-electron chi connectivity index (χ4n) is 0.771. The van der Waals surface area contributed by atoms with Crippen molar-refractivity contribution in [2.24, 2.45) is 0 Å². The summed E-state index contributed by atoms with van der Waals surface area (Å²) in [5.41, 5.74) is -0.417. The first-order valence-corrected chi connectivity index (χ1v) is 4.50. The van der Waals surface area contributed by atoms with E-state index in [0.29, 0.717) is 34.1 Å². The summed E-state index contributed by atoms with van der Waals surface area (Å²) in [5.74, 6) is 0. The molecular weight excluding hydrogens is 378 g/mol. The molecular formula is C6H6Cl2F3Hf. The molecule has 1 rings (SSSR count). The van der Waals surface area contributed by atoms with Crippen molar-refractivity contribution in [3.63, 3.8) is 0 Å². The summed E-state index contributed by atoms with van der Waals surface area (Å²) < 4.78 is 36.3. The van der Waals surface area contributed by atoms with E-state index in [4.69, 9.17) is 0 Å². The molecule has 0 aromatic heterocycles. The van der Waals surface area contributed by atoms with E-state index in [1.165, 1.54) is 6.08 Å². The van der Waals surface area contributed by atoms with Gasteiger partial charge in [0.1, 0.15) is 0 Å². The molecule has 0 radical (unpaired) electrons. The van der Waals surface area contributed by atoms with Gasteiger partial charge < -0.3 is 0 Å². The maximum absolute atomic E-state index is 11.9. The van der Waals surface area contributed by atoms with E-state index in [9.17, 15) is 13.2 Å². The third kappa shape index (κ3) is 3.62. The van der Waals surface area contributed by atoms with Gasteiger partial charge in [-0.25, -0.2) is 0 Å². The van der Waals surface area contributed by atoms with E-state index in [1.54, 1.807) is 6.08 Å². The van der Waals surface area contributed by atoms with Crippen LogP contribution in [0.3, 0.4) is 0 Å². The third-order valence-corrected chi connectivity index (χ3v) is 2.94. The molecule has 1 aliphatic carbocycles. The molecule has 0 unspecified atom stereocenters. The maximum atomic E-state index is 11.9. The van der Waals surface area contributed by atoms with Gasteiger partial charge >= 0.3 is 71.2 Å². The van der Waals surface area contributed by atoms with Gasteiger partial charge in [0.2, 0.25) is 0 Å². The van der Waals surface area contributed by atoms with Crippen molar-refractivity contribution in [1.82, 2.24) is 0 Å². The number of hydrogen-bond acceptors (Lipinski definition) is 0. The van der Waals surface area contributed by atoms with E-state index >= 15 is 0 Å². The van der Waals surface area contributed by atoms with Gasteiger partial charge in [-0.2, -0.15) is 0 Å². The summed E-state index contributed by atoms with van der Waals surface area (Å²) in [4.78, 5) is 0. The van der Waals surface area contributed by atoms with Crippen LogP contribution < -0.4 is 0 Å². The number of allylic oxidation sites excluding steroid dienone is 4. The summed E-state index contributed by atoms with van der Waals surface area (Å²) in [6.07, 6.45) is -0.890. The predicted octanol–water partition coefficient (Wildman–Crippen LogP) is 3.15. The molecule has 0 saturated carbocycles. The van der Waals surface area contributed by atoms with Crippen LogP contribution >= 0.6 is 24.8 Å². The molecule has 0 bridgehead atoms. The van der Waals surface area contributed by atoms with Crippen molar-refractivity contribution in [2.45, 2.75) is 12.6 Å². The molecule has 0 saturated heterocycles. The van der Waals surface area contributed by atoms with Crippen LogP contribution in [0.15, 0.2) is 21.1 Å². The summed E-state index contributed by atoms with van der Waals surface area (Å²) in [6, 6.07) is 0. The fraction of sp³-hybridized carbons (Fsp3) is 0.333. The number of hydrogen-bond donors (Lipinski definition) is 0. The van der Waals surface area contributed by atoms with Crippen LogP contribution in [-0.4, -0.2) is 6.18 Å². The first-order valence-electron chi connectivity index (χ1n) is 2.70. The molecule has 0 aliphatic heterocycles. The van der Waals surface area contributed by atoms with Crippen molar-refractivity contribution in [3.8, 4) is 0 Å². The standard InChI is InChI=1S/C6H4F3.2ClH.Hf/c7-6(8,9)5-3-1-2-4-5;;;/h1,3H,2H2;2*1H;. The van der Waals surface area contributed by atoms with Crippen LogP contribution in [0.2, 0.25) is 0 Å². The van der Waals surface area contributed by atoms with E-state index < -0.39 is 11.7 Å². The summed E-state index contributed by atoms with van der Waals surface area (Å²) in [5, 5.41) is 0. The van der Waals surface area contributed by atoms with Gasteiger partial charge in [-0.1, -0.05) is 0 Å². The van der Waals surface area contributed by atoms with Gasteiger partial charge in [-0.15, -0.1) is 24.8 Å². The number of halogens is 5. The minimum atomic E-state index is -4.12. The Labute approximate surface area is 95.7 Å². The second-order valence-electron chi connectivity index (χ2n) is 2.00. The summed E-state index contributed by atoms with van der Waals surface area (Å²) in [6.45, 7) is 0. The third-order valence-electron chi connectivity index (χ3n) is 1.24. The zero-order valence-corrected chi connectivity index (χ0v) is 11.0. The van der Waals surface area contributed by atoms with Crippen LogP contribution in [0.25, 0.3) is 0 Å². The topological polar surface area (TPSA) is 0 Å². The van der Waals surface area contributed by atoms with Gasteiger partial charge in [0, 0.05) is 0 Å². The molecule has 0 N–H and O–H groups in total. The SMILES string of the molecule is Cl.Cl.FC(F)(F)C1=[C]([Hf])CC=C1. The van der Waals surface area contributed by atoms with E-state index in [1.807, 2.05) is 0 Å². The van der Waals surface area contributed by atoms with Crippen molar-refractivity contribution >= 4 is 24.8 Å². The molecule has 69 valence electrons. The Morgan fingerprint density at radius 1 is 1.25 bits per heavy atom. The van der Waals surface area contributed by atoms with Gasteiger partial charge in [0.15, 0.2) is 0 Å². The second-order valence-corrected chi connectivity index (χ2v) is 4.16. The number of alkyl halides is 3. The Kier molecular flexibility index (Phi) is 6.91. The Balaban J connectivity index is 0. The minimum absolute atomic E-state index is 0. The number of rotatable bonds is 0. The fourth-order valence-corrected chi connectivity index (χ4v) is 2.00. The predicted molar refractivity (Wildman–Crippen MR) is 41.3 cm³/mol. The Morgan fingerprint density at radius 3 is 1.92 bits per heavy atom. The van der Waals surface area contributed by atoms with Crippen LogP contribution in [-0.2, 0) is 24.4 Å². The van der Waals surface area contributed by atoms with Crippen molar-refractivity contribution in [3.05, 3.63) is 21.1 Å². The van der Waals surface area contributed by atoms with Crippen LogP contribution in [0.1, 0.15) is 6.42 Å². The zero-order valence-electron chi connectivity index (χ0n) is 5.81. The molecule has 0 amide bonds. The van der Waals surface area contributed by atoms with E-state index in [-0.39, 0.29) is 24.8 Å². The van der Waals surface area contributed by atoms with Crippen LogP contribution in [0.4, 0.5) is 13.2 Å². The quantitative estimate of drug-likeness (QED) is 0.563. The summed E-state index contributed by atoms with van der Waals surface area (Å²) in [7, 11) is 0. The second kappa shape index (κ2) is 5.45. The first-order chi connectivity index (χ1) is 4.52. The summed E-state index contributed by atoms with van der Waals surface area (Å²) >= 11 is 0.514. The molecule has 0 aromatic rings. The van der Waals surface area contributed by atoms with Gasteiger partial charge in [-0.3, -0.25) is 0 Å². The van der Waals surface area contributed by atoms with Crippen molar-refractivity contribution in [1.29, 1.82) is 0 Å². The van der Waals surface area contributed by atoms with Crippen molar-refractivity contribution < 1.29 is 37.5 Å². The molecule has 0 spiro atoms. The normalized spacial score (nSPS) is 15.5. The van der Waals surface area contributed by atoms with Crippen LogP contribution in [0.5, 0.6) is 0 Å². The Morgan fingerprint density at radius 2 is 1.75 bits per heavy atom. The van der Waals surface area contributed by atoms with Crippen LogP contribution in [0, 0.1) is 0 Å². The average molecular weight is 385 g/mol. The molecule has 0 nitrogen and oxygen atoms in total. The molecule has 0 fully saturated rings. The monoisotopic (exact) mass is 385 g/mol.